The third kappa shape index (κ3) is 3.02. The smallest absolute Gasteiger partial charge is 0.272 e. The minimum Gasteiger partial charge on any atom is -0.342 e. The molecule has 1 saturated heterocycles. The predicted molar refractivity (Wildman–Crippen MR) is 96.6 cm³/mol. The minimum atomic E-state index is -0.119. The Hall–Kier alpha value is -2.97. The van der Waals surface area contributed by atoms with Gasteiger partial charge in [0.15, 0.2) is 5.65 Å². The second-order valence-electron chi connectivity index (χ2n) is 7.05. The number of nitrogens with zero attached hydrogens (tertiary/aromatic N) is 5. The highest BCUT2D eigenvalue weighted by molar-refractivity contribution is 5.78. The average Bonchev–Trinajstić information content (AvgIpc) is 3.36. The molecule has 4 rings (SSSR count). The van der Waals surface area contributed by atoms with Crippen LogP contribution in [0.2, 0.25) is 0 Å². The van der Waals surface area contributed by atoms with Crippen LogP contribution >= 0.6 is 0 Å². The van der Waals surface area contributed by atoms with Crippen LogP contribution in [-0.2, 0) is 17.6 Å². The number of carbonyl (C=O) groups excluding carboxylic acids is 1. The number of likely N-dealkylation sites (tertiary alicyclic amines) is 1. The van der Waals surface area contributed by atoms with E-state index in [0.717, 1.165) is 29.8 Å². The van der Waals surface area contributed by atoms with Crippen LogP contribution in [0.25, 0.3) is 5.65 Å². The number of hydrogen-bond acceptors (Lipinski definition) is 6. The number of aromatic nitrogens is 5. The van der Waals surface area contributed by atoms with Crippen molar-refractivity contribution in [2.75, 3.05) is 13.1 Å². The quantitative estimate of drug-likeness (QED) is 0.738. The number of H-pyrrole nitrogens is 1. The van der Waals surface area contributed by atoms with Crippen LogP contribution in [-0.4, -0.2) is 48.8 Å². The van der Waals surface area contributed by atoms with E-state index in [1.165, 1.54) is 4.52 Å². The SMILES string of the molecule is CCc1[nH]n2c(=O)cc([C@H]3CCN(C(=O)Cc4nonc4C)C3)nc2c1C. The predicted octanol–water partition coefficient (Wildman–Crippen LogP) is 1.14. The Morgan fingerprint density at radius 2 is 2.19 bits per heavy atom. The maximum atomic E-state index is 12.5. The molecule has 1 aliphatic rings. The largest absolute Gasteiger partial charge is 0.342 e. The molecule has 0 bridgehead atoms. The zero-order chi connectivity index (χ0) is 19.1. The molecule has 27 heavy (non-hydrogen) atoms. The zero-order valence-corrected chi connectivity index (χ0v) is 15.7. The Bertz CT molecular complexity index is 1060. The van der Waals surface area contributed by atoms with Crippen molar-refractivity contribution >= 4 is 11.6 Å². The molecule has 0 aromatic carbocycles. The Kier molecular flexibility index (Phi) is 4.29. The van der Waals surface area contributed by atoms with E-state index in [4.69, 9.17) is 4.98 Å². The molecule has 1 atom stereocenters. The van der Waals surface area contributed by atoms with E-state index in [0.29, 0.717) is 30.1 Å². The molecule has 1 fully saturated rings. The third-order valence-electron chi connectivity index (χ3n) is 5.35. The fourth-order valence-corrected chi connectivity index (χ4v) is 3.66. The van der Waals surface area contributed by atoms with Crippen LogP contribution in [0, 0.1) is 13.8 Å². The van der Waals surface area contributed by atoms with Crippen molar-refractivity contribution in [3.63, 3.8) is 0 Å². The third-order valence-corrected chi connectivity index (χ3v) is 5.35. The lowest BCUT2D eigenvalue weighted by Crippen LogP contribution is -2.30. The van der Waals surface area contributed by atoms with Gasteiger partial charge >= 0.3 is 0 Å². The average molecular weight is 370 g/mol. The molecule has 0 unspecified atom stereocenters. The van der Waals surface area contributed by atoms with Gasteiger partial charge in [-0.3, -0.25) is 14.7 Å². The fourth-order valence-electron chi connectivity index (χ4n) is 3.66. The summed E-state index contributed by atoms with van der Waals surface area (Å²) in [5.41, 5.74) is 4.51. The Labute approximate surface area is 155 Å². The molecule has 9 nitrogen and oxygen atoms in total. The molecule has 0 radical (unpaired) electrons. The maximum Gasteiger partial charge on any atom is 0.272 e. The summed E-state index contributed by atoms with van der Waals surface area (Å²) in [6, 6.07) is 1.58. The lowest BCUT2D eigenvalue weighted by molar-refractivity contribution is -0.129. The van der Waals surface area contributed by atoms with Gasteiger partial charge in [0.25, 0.3) is 5.56 Å². The van der Waals surface area contributed by atoms with E-state index in [-0.39, 0.29) is 23.8 Å². The standard InChI is InChI=1S/C18H22N6O3/c1-4-13-10(2)18-19-15(8-17(26)24(18)20-13)12-5-6-23(9-12)16(25)7-14-11(3)21-27-22-14/h8,12,20H,4-7,9H2,1-3H3/t12-/m0/s1. The second-order valence-corrected chi connectivity index (χ2v) is 7.05. The van der Waals surface area contributed by atoms with Crippen LogP contribution < -0.4 is 5.56 Å². The zero-order valence-electron chi connectivity index (χ0n) is 15.7. The van der Waals surface area contributed by atoms with Gasteiger partial charge in [-0.1, -0.05) is 17.2 Å². The molecule has 9 heteroatoms. The lowest BCUT2D eigenvalue weighted by Gasteiger charge is -2.15. The first kappa shape index (κ1) is 17.4. The molecule has 1 amide bonds. The molecule has 0 saturated carbocycles. The highest BCUT2D eigenvalue weighted by Gasteiger charge is 2.30. The van der Waals surface area contributed by atoms with E-state index in [2.05, 4.69) is 20.0 Å². The first-order chi connectivity index (χ1) is 13.0. The van der Waals surface area contributed by atoms with Gasteiger partial charge in [0.1, 0.15) is 11.4 Å². The summed E-state index contributed by atoms with van der Waals surface area (Å²) in [7, 11) is 0. The topological polar surface area (TPSA) is 109 Å². The molecule has 4 heterocycles. The van der Waals surface area contributed by atoms with Gasteiger partial charge in [-0.15, -0.1) is 0 Å². The summed E-state index contributed by atoms with van der Waals surface area (Å²) in [6.45, 7) is 6.97. The summed E-state index contributed by atoms with van der Waals surface area (Å²) in [4.78, 5) is 31.6. The van der Waals surface area contributed by atoms with Crippen molar-refractivity contribution in [3.8, 4) is 0 Å². The monoisotopic (exact) mass is 370 g/mol. The van der Waals surface area contributed by atoms with Crippen LogP contribution in [0.4, 0.5) is 0 Å². The summed E-state index contributed by atoms with van der Waals surface area (Å²) in [6.07, 6.45) is 1.77. The number of aryl methyl sites for hydroxylation is 3. The number of fused-ring (bicyclic) bond motifs is 1. The number of carbonyl (C=O) groups is 1. The van der Waals surface area contributed by atoms with Gasteiger partial charge in [-0.2, -0.15) is 0 Å². The summed E-state index contributed by atoms with van der Waals surface area (Å²) in [5.74, 6) is 0.0442. The van der Waals surface area contributed by atoms with E-state index in [1.54, 1.807) is 17.9 Å². The molecule has 1 N–H and O–H groups in total. The number of rotatable bonds is 4. The van der Waals surface area contributed by atoms with Crippen molar-refractivity contribution in [1.29, 1.82) is 0 Å². The lowest BCUT2D eigenvalue weighted by atomic mass is 10.0. The minimum absolute atomic E-state index is 0.0137. The summed E-state index contributed by atoms with van der Waals surface area (Å²) in [5, 5.41) is 10.6. The maximum absolute atomic E-state index is 12.5. The fraction of sp³-hybridized carbons (Fsp3) is 0.500. The first-order valence-electron chi connectivity index (χ1n) is 9.14. The van der Waals surface area contributed by atoms with E-state index >= 15 is 0 Å². The molecular formula is C18H22N6O3. The van der Waals surface area contributed by atoms with Gasteiger partial charge in [0.2, 0.25) is 5.91 Å². The molecule has 0 aliphatic carbocycles. The highest BCUT2D eigenvalue weighted by atomic mass is 16.6. The van der Waals surface area contributed by atoms with Crippen molar-refractivity contribution in [2.45, 2.75) is 46.0 Å². The number of amides is 1. The molecule has 3 aromatic heterocycles. The van der Waals surface area contributed by atoms with Gasteiger partial charge in [-0.05, 0) is 26.7 Å². The van der Waals surface area contributed by atoms with Gasteiger partial charge in [0, 0.05) is 36.3 Å². The van der Waals surface area contributed by atoms with Gasteiger partial charge in [0.05, 0.1) is 12.1 Å². The molecule has 142 valence electrons. The van der Waals surface area contributed by atoms with E-state index in [9.17, 15) is 9.59 Å². The van der Waals surface area contributed by atoms with Crippen LogP contribution in [0.3, 0.4) is 0 Å². The number of hydrogen-bond donors (Lipinski definition) is 1. The van der Waals surface area contributed by atoms with Crippen LogP contribution in [0.1, 0.15) is 47.6 Å². The van der Waals surface area contributed by atoms with Crippen LogP contribution in [0.5, 0.6) is 0 Å². The van der Waals surface area contributed by atoms with Crippen molar-refractivity contribution < 1.29 is 9.42 Å². The van der Waals surface area contributed by atoms with Gasteiger partial charge < -0.3 is 4.90 Å². The summed E-state index contributed by atoms with van der Waals surface area (Å²) >= 11 is 0. The second kappa shape index (κ2) is 6.64. The highest BCUT2D eigenvalue weighted by Crippen LogP contribution is 2.26. The normalized spacial score (nSPS) is 17.1. The van der Waals surface area contributed by atoms with E-state index in [1.807, 2.05) is 13.8 Å². The van der Waals surface area contributed by atoms with E-state index < -0.39 is 0 Å². The summed E-state index contributed by atoms with van der Waals surface area (Å²) < 4.78 is 6.15. The Morgan fingerprint density at radius 3 is 2.89 bits per heavy atom. The Balaban J connectivity index is 1.55. The van der Waals surface area contributed by atoms with Crippen molar-refractivity contribution in [1.82, 2.24) is 29.8 Å². The van der Waals surface area contributed by atoms with Crippen molar-refractivity contribution in [3.05, 3.63) is 44.8 Å². The molecule has 3 aromatic rings. The number of aromatic amines is 1. The first-order valence-corrected chi connectivity index (χ1v) is 9.14. The molecular weight excluding hydrogens is 348 g/mol. The molecule has 0 spiro atoms. The molecule has 1 aliphatic heterocycles. The van der Waals surface area contributed by atoms with Crippen molar-refractivity contribution in [2.24, 2.45) is 0 Å². The Morgan fingerprint density at radius 1 is 1.37 bits per heavy atom. The van der Waals surface area contributed by atoms with Gasteiger partial charge in [-0.25, -0.2) is 14.1 Å². The van der Waals surface area contributed by atoms with Crippen LogP contribution in [0.15, 0.2) is 15.5 Å². The number of nitrogens with one attached hydrogen (secondary N) is 1.